The van der Waals surface area contributed by atoms with Gasteiger partial charge in [-0.1, -0.05) is 138 Å². The van der Waals surface area contributed by atoms with E-state index in [9.17, 15) is 5.11 Å². The number of aromatic amines is 4. The lowest BCUT2D eigenvalue weighted by Crippen LogP contribution is -2.08. The fourth-order valence-electron chi connectivity index (χ4n) is 14.6. The van der Waals surface area contributed by atoms with Gasteiger partial charge in [0.15, 0.2) is 22.6 Å². The average Bonchev–Trinajstić information content (AvgIpc) is 1.61. The number of aryl methyl sites for hydroxylation is 3. The molecule has 9 N–H and O–H groups in total. The molecule has 12 aromatic heterocycles. The molecule has 20 aromatic rings. The van der Waals surface area contributed by atoms with Crippen molar-refractivity contribution < 1.29 is 5.11 Å². The maximum atomic E-state index is 9.31. The average molecular weight is 1440 g/mol. The molecule has 23 heteroatoms. The number of aromatic nitrogens is 20. The summed E-state index contributed by atoms with van der Waals surface area (Å²) < 4.78 is 8.56. The van der Waals surface area contributed by atoms with Gasteiger partial charge in [-0.2, -0.15) is 0 Å². The van der Waals surface area contributed by atoms with Crippen LogP contribution in [0.15, 0.2) is 194 Å². The molecule has 0 spiro atoms. The number of benzene rings is 8. The number of H-pyrrole nitrogens is 4. The molecule has 0 aliphatic rings. The van der Waals surface area contributed by atoms with E-state index >= 15 is 0 Å². The third-order valence-corrected chi connectivity index (χ3v) is 20.1. The van der Waals surface area contributed by atoms with Gasteiger partial charge in [0.1, 0.15) is 57.0 Å². The Labute approximate surface area is 625 Å². The minimum atomic E-state index is 0.139. The van der Waals surface area contributed by atoms with Crippen molar-refractivity contribution in [2.24, 2.45) is 11.8 Å². The first-order valence-electron chi connectivity index (χ1n) is 37.3. The smallest absolute Gasteiger partial charge is 0.161 e. The lowest BCUT2D eigenvalue weighted by molar-refractivity contribution is 0.280. The Kier molecular flexibility index (Phi) is 18.2. The molecule has 109 heavy (non-hydrogen) atoms. The van der Waals surface area contributed by atoms with Gasteiger partial charge in [0.05, 0.1) is 111 Å². The van der Waals surface area contributed by atoms with E-state index in [1.54, 1.807) is 0 Å². The number of nitrogens with zero attached hydrogens (tertiary/aromatic N) is 16. The maximum Gasteiger partial charge on any atom is 0.161 e. The molecule has 23 nitrogen and oxygen atoms in total. The largest absolute Gasteiger partial charge is 0.396 e. The minimum absolute atomic E-state index is 0.139. The van der Waals surface area contributed by atoms with Crippen LogP contribution in [0.2, 0.25) is 0 Å². The zero-order chi connectivity index (χ0) is 74.6. The van der Waals surface area contributed by atoms with Crippen LogP contribution in [0, 0.1) is 25.7 Å². The topological polar surface area (TPSA) is 310 Å². The molecule has 0 fully saturated rings. The van der Waals surface area contributed by atoms with Gasteiger partial charge in [-0.15, -0.1) is 0 Å². The van der Waals surface area contributed by atoms with Gasteiger partial charge in [0, 0.05) is 44.2 Å². The van der Waals surface area contributed by atoms with Crippen molar-refractivity contribution >= 4 is 145 Å². The molecule has 0 aliphatic carbocycles. The third kappa shape index (κ3) is 12.9. The van der Waals surface area contributed by atoms with Crippen LogP contribution < -0.4 is 11.5 Å². The van der Waals surface area contributed by atoms with Crippen molar-refractivity contribution in [3.8, 4) is 45.6 Å². The highest BCUT2D eigenvalue weighted by Gasteiger charge is 2.27. The Morgan fingerprint density at radius 1 is 0.321 bits per heavy atom. The van der Waals surface area contributed by atoms with Crippen LogP contribution in [0.3, 0.4) is 0 Å². The van der Waals surface area contributed by atoms with E-state index in [2.05, 4.69) is 92.7 Å². The Hall–Kier alpha value is -13.3. The molecule has 8 aromatic carbocycles. The SMILES string of the molecule is CC(C)Cn1c(N)c(-c2nc3ccccc3[nH]2)c2nc3ccccc3nc21.CCCCn1c(N)c(-c2nc3ccccc3[nH]2)c2nc3ccccc3nc21.Cc1c(-c2nc3ccccc3[nH]2)c2nc3ccccc3nc2n1CCC(C)C.Cc1c(-c2nc3ccccc3[nH]2)c2nc3ccccc3nc2n1CCCO. The molecule has 0 atom stereocenters. The van der Waals surface area contributed by atoms with Crippen molar-refractivity contribution in [2.45, 2.75) is 100 Å². The van der Waals surface area contributed by atoms with E-state index in [4.69, 9.17) is 71.3 Å². The van der Waals surface area contributed by atoms with E-state index in [0.717, 1.165) is 229 Å². The first-order valence-corrected chi connectivity index (χ1v) is 37.3. The summed E-state index contributed by atoms with van der Waals surface area (Å²) in [6, 6.07) is 63.8. The number of unbranched alkanes of at least 4 members (excludes halogenated alkanes) is 1. The van der Waals surface area contributed by atoms with Crippen LogP contribution in [0.25, 0.3) is 178 Å². The van der Waals surface area contributed by atoms with E-state index in [-0.39, 0.29) is 6.61 Å². The highest BCUT2D eigenvalue weighted by molar-refractivity contribution is 6.04. The quantitative estimate of drug-likeness (QED) is 0.0502. The Balaban J connectivity index is 0.000000106. The number of imidazole rings is 4. The Bertz CT molecular complexity index is 6460. The van der Waals surface area contributed by atoms with Crippen molar-refractivity contribution in [1.29, 1.82) is 0 Å². The Morgan fingerprint density at radius 3 is 0.917 bits per heavy atom. The second-order valence-electron chi connectivity index (χ2n) is 28.5. The number of anilines is 2. The van der Waals surface area contributed by atoms with Crippen LogP contribution in [0.1, 0.15) is 71.7 Å². The standard InChI is InChI=1S/C23H23N5.2C21H20N6.C21H19N5O/c1-14(2)12-13-28-15(3)20(22-25-17-9-5-6-10-18(17)26-22)21-23(28)27-19-11-7-4-8-16(19)24-21;1-12(2)11-27-19(22)17(20-24-14-8-4-5-9-15(14)25-20)18-21(27)26-16-10-6-3-7-13(16)23-18;1-2-3-12-27-19(22)17(20-24-14-9-5-6-10-15(14)25-20)18-21(27)26-16-11-7-4-8-13(16)23-18;1-13-18(20-23-15-8-3-4-9-16(15)24-20)19-21(26(13)11-6-12-27)25-17-10-5-2-7-14(17)22-19/h4-11,14H,12-13H2,1-3H3,(H,25,26);3-10,12H,11,22H2,1-2H3,(H,24,25);4-11H,2-3,12,22H2,1H3,(H,24,25);2-5,7-10,27H,6,11-12H2,1H3,(H,23,24). The predicted molar refractivity (Wildman–Crippen MR) is 440 cm³/mol. The number of aliphatic hydroxyl groups excluding tert-OH is 1. The molecule has 0 radical (unpaired) electrons. The lowest BCUT2D eigenvalue weighted by Gasteiger charge is -2.10. The second-order valence-corrected chi connectivity index (χ2v) is 28.5. The van der Waals surface area contributed by atoms with Crippen LogP contribution in [-0.4, -0.2) is 110 Å². The zero-order valence-electron chi connectivity index (χ0n) is 61.8. The van der Waals surface area contributed by atoms with Gasteiger partial charge < -0.3 is 54.8 Å². The summed E-state index contributed by atoms with van der Waals surface area (Å²) in [4.78, 5) is 72.1. The molecular weight excluding hydrogens is 1360 g/mol. The second kappa shape index (κ2) is 28.9. The highest BCUT2D eigenvalue weighted by Crippen LogP contribution is 2.40. The number of hydrogen-bond donors (Lipinski definition) is 7. The molecule has 0 amide bonds. The molecule has 542 valence electrons. The fourth-order valence-corrected chi connectivity index (χ4v) is 14.6. The van der Waals surface area contributed by atoms with E-state index in [1.165, 1.54) is 0 Å². The monoisotopic (exact) mass is 1440 g/mol. The molecule has 0 saturated carbocycles. The summed E-state index contributed by atoms with van der Waals surface area (Å²) in [6.07, 6.45) is 3.87. The van der Waals surface area contributed by atoms with Crippen molar-refractivity contribution in [3.63, 3.8) is 0 Å². The number of aliphatic hydroxyl groups is 1. The number of nitrogen functional groups attached to an aromatic ring is 2. The summed E-state index contributed by atoms with van der Waals surface area (Å²) in [5, 5.41) is 9.31. The normalized spacial score (nSPS) is 11.9. The van der Waals surface area contributed by atoms with Gasteiger partial charge in [-0.25, -0.2) is 59.8 Å². The molecule has 0 aliphatic heterocycles. The van der Waals surface area contributed by atoms with Crippen molar-refractivity contribution in [3.05, 3.63) is 206 Å². The number of nitrogens with one attached hydrogen (secondary N) is 4. The number of hydrogen-bond acceptors (Lipinski definition) is 15. The number of nitrogens with two attached hydrogens (primary N) is 2. The lowest BCUT2D eigenvalue weighted by atomic mass is 10.1. The molecule has 0 bridgehead atoms. The summed E-state index contributed by atoms with van der Waals surface area (Å²) in [5.74, 6) is 5.48. The summed E-state index contributed by atoms with van der Waals surface area (Å²) in [6.45, 7) is 18.6. The first kappa shape index (κ1) is 68.8. The van der Waals surface area contributed by atoms with Gasteiger partial charge in [-0.3, -0.25) is 0 Å². The molecule has 20 rings (SSSR count). The van der Waals surface area contributed by atoms with Gasteiger partial charge in [0.25, 0.3) is 0 Å². The minimum Gasteiger partial charge on any atom is -0.396 e. The number of rotatable bonds is 15. The first-order chi connectivity index (χ1) is 53.2. The number of fused-ring (bicyclic) bond motifs is 12. The summed E-state index contributed by atoms with van der Waals surface area (Å²) in [7, 11) is 0. The molecule has 0 saturated heterocycles. The van der Waals surface area contributed by atoms with Crippen LogP contribution in [0.5, 0.6) is 0 Å². The van der Waals surface area contributed by atoms with Crippen molar-refractivity contribution in [1.82, 2.24) is 98.0 Å². The fraction of sp³-hybridized carbons (Fsp3) is 0.209. The van der Waals surface area contributed by atoms with Crippen LogP contribution >= 0.6 is 0 Å². The number of para-hydroxylation sites is 16. The van der Waals surface area contributed by atoms with Gasteiger partial charge in [0.2, 0.25) is 0 Å². The van der Waals surface area contributed by atoms with Gasteiger partial charge >= 0.3 is 0 Å². The zero-order valence-corrected chi connectivity index (χ0v) is 61.8. The van der Waals surface area contributed by atoms with Crippen LogP contribution in [0.4, 0.5) is 11.6 Å². The van der Waals surface area contributed by atoms with E-state index in [1.807, 2.05) is 188 Å². The van der Waals surface area contributed by atoms with E-state index < -0.39 is 0 Å². The molecule has 12 heterocycles. The Morgan fingerprint density at radius 2 is 0.596 bits per heavy atom. The molecule has 0 unspecified atom stereocenters. The maximum absolute atomic E-state index is 9.31. The molecular formula is C86H82N22O. The van der Waals surface area contributed by atoms with Crippen LogP contribution in [-0.2, 0) is 26.2 Å². The summed E-state index contributed by atoms with van der Waals surface area (Å²) in [5.41, 5.74) is 40.5. The predicted octanol–water partition coefficient (Wildman–Crippen LogP) is 18.2. The van der Waals surface area contributed by atoms with E-state index in [0.29, 0.717) is 36.4 Å². The van der Waals surface area contributed by atoms with Crippen molar-refractivity contribution in [2.75, 3.05) is 18.1 Å². The van der Waals surface area contributed by atoms with Gasteiger partial charge in [-0.05, 0) is 142 Å². The third-order valence-electron chi connectivity index (χ3n) is 20.1. The highest BCUT2D eigenvalue weighted by atomic mass is 16.3. The summed E-state index contributed by atoms with van der Waals surface area (Å²) >= 11 is 0.